The third-order valence-electron chi connectivity index (χ3n) is 5.67. The highest BCUT2D eigenvalue weighted by Gasteiger charge is 2.55. The van der Waals surface area contributed by atoms with Crippen LogP contribution in [-0.2, 0) is 4.12 Å². The summed E-state index contributed by atoms with van der Waals surface area (Å²) in [6.45, 7) is 7.05. The van der Waals surface area contributed by atoms with Crippen molar-refractivity contribution in [3.05, 3.63) is 72.8 Å². The molecule has 25 heavy (non-hydrogen) atoms. The number of allylic oxidation sites excluding steroid dienone is 2. The lowest BCUT2D eigenvalue weighted by atomic mass is 10.1. The number of hydrogen-bond acceptors (Lipinski definition) is 1. The molecular weight excluding hydrogens is 336 g/mol. The number of benzene rings is 2. The summed E-state index contributed by atoms with van der Waals surface area (Å²) in [7, 11) is -4.01. The minimum Gasteiger partial charge on any atom is -0.449 e. The van der Waals surface area contributed by atoms with Gasteiger partial charge in [0.25, 0.3) is 0 Å². The van der Waals surface area contributed by atoms with Gasteiger partial charge in [0, 0.05) is 0 Å². The molecule has 2 bridgehead atoms. The summed E-state index contributed by atoms with van der Waals surface area (Å²) in [5.74, 6) is 1.45. The van der Waals surface area contributed by atoms with Crippen molar-refractivity contribution in [3.63, 3.8) is 0 Å². The summed E-state index contributed by atoms with van der Waals surface area (Å²) in [6.07, 6.45) is 7.56. The van der Waals surface area contributed by atoms with Crippen molar-refractivity contribution >= 4 is 27.0 Å². The van der Waals surface area contributed by atoms with Crippen LogP contribution >= 0.6 is 0 Å². The second kappa shape index (κ2) is 6.38. The maximum absolute atomic E-state index is 7.28. The van der Waals surface area contributed by atoms with Crippen LogP contribution in [0.25, 0.3) is 0 Å². The average molecular weight is 365 g/mol. The quantitative estimate of drug-likeness (QED) is 0.558. The number of rotatable bonds is 5. The third-order valence-corrected chi connectivity index (χ3v) is 13.5. The average Bonchev–Trinajstić information content (AvgIpc) is 3.24. The molecule has 0 saturated heterocycles. The van der Waals surface area contributed by atoms with E-state index in [0.29, 0.717) is 11.5 Å². The van der Waals surface area contributed by atoms with E-state index in [0.717, 1.165) is 5.92 Å². The summed E-state index contributed by atoms with van der Waals surface area (Å²) in [5, 5.41) is 2.91. The zero-order valence-electron chi connectivity index (χ0n) is 15.5. The maximum atomic E-state index is 7.28. The van der Waals surface area contributed by atoms with Crippen LogP contribution < -0.4 is 10.4 Å². The van der Waals surface area contributed by atoms with Crippen LogP contribution in [0, 0.1) is 11.8 Å². The van der Waals surface area contributed by atoms with Crippen molar-refractivity contribution in [2.45, 2.75) is 38.0 Å². The molecule has 0 heterocycles. The molecule has 1 saturated carbocycles. The Labute approximate surface area is 154 Å². The van der Waals surface area contributed by atoms with Crippen LogP contribution in [0.15, 0.2) is 72.8 Å². The Kier molecular flexibility index (Phi) is 4.34. The van der Waals surface area contributed by atoms with E-state index in [-0.39, 0.29) is 0 Å². The molecule has 4 rings (SSSR count). The number of hydrogen-bond donors (Lipinski definition) is 0. The highest BCUT2D eigenvalue weighted by Crippen LogP contribution is 2.52. The molecule has 1 fully saturated rings. The maximum Gasteiger partial charge on any atom is 0.248 e. The lowest BCUT2D eigenvalue weighted by Gasteiger charge is -2.44. The lowest BCUT2D eigenvalue weighted by molar-refractivity contribution is 0.512. The molecule has 0 aromatic heterocycles. The van der Waals surface area contributed by atoms with Crippen molar-refractivity contribution in [3.8, 4) is 0 Å². The van der Waals surface area contributed by atoms with Crippen LogP contribution in [-0.4, -0.2) is 16.6 Å². The monoisotopic (exact) mass is 364 g/mol. The van der Waals surface area contributed by atoms with Crippen molar-refractivity contribution in [1.82, 2.24) is 0 Å². The second-order valence-corrected chi connectivity index (χ2v) is 17.0. The predicted molar refractivity (Wildman–Crippen MR) is 111 cm³/mol. The minimum atomic E-state index is -2.29. The van der Waals surface area contributed by atoms with Gasteiger partial charge in [-0.25, -0.2) is 0 Å². The zero-order chi connectivity index (χ0) is 17.5. The molecular formula is C22H28OSi2. The molecule has 1 nitrogen and oxygen atoms in total. The first-order chi connectivity index (χ1) is 12.0. The second-order valence-electron chi connectivity index (χ2n) is 8.57. The van der Waals surface area contributed by atoms with E-state index in [1.165, 1.54) is 23.2 Å². The first kappa shape index (κ1) is 17.0. The molecule has 3 atom stereocenters. The highest BCUT2D eigenvalue weighted by molar-refractivity contribution is 7.03. The molecule has 0 aliphatic heterocycles. The summed E-state index contributed by atoms with van der Waals surface area (Å²) < 4.78 is 7.28. The van der Waals surface area contributed by atoms with Gasteiger partial charge in [0.15, 0.2) is 8.32 Å². The molecule has 0 N–H and O–H groups in total. The fourth-order valence-corrected chi connectivity index (χ4v) is 14.4. The summed E-state index contributed by atoms with van der Waals surface area (Å²) in [5.41, 5.74) is 0.652. The Hall–Kier alpha value is -1.43. The van der Waals surface area contributed by atoms with Crippen LogP contribution in [0.5, 0.6) is 0 Å². The van der Waals surface area contributed by atoms with Crippen LogP contribution in [0.4, 0.5) is 0 Å². The van der Waals surface area contributed by atoms with Gasteiger partial charge < -0.3 is 4.12 Å². The Morgan fingerprint density at radius 2 is 1.32 bits per heavy atom. The van der Waals surface area contributed by atoms with Crippen LogP contribution in [0.2, 0.25) is 25.2 Å². The van der Waals surface area contributed by atoms with Gasteiger partial charge in [-0.3, -0.25) is 0 Å². The van der Waals surface area contributed by atoms with E-state index < -0.39 is 16.6 Å². The first-order valence-electron chi connectivity index (χ1n) is 9.48. The van der Waals surface area contributed by atoms with Crippen molar-refractivity contribution in [2.24, 2.45) is 11.8 Å². The van der Waals surface area contributed by atoms with Crippen molar-refractivity contribution in [2.75, 3.05) is 0 Å². The molecule has 0 spiro atoms. The van der Waals surface area contributed by atoms with E-state index in [1.807, 2.05) is 0 Å². The van der Waals surface area contributed by atoms with Crippen molar-refractivity contribution < 1.29 is 4.12 Å². The molecule has 0 radical (unpaired) electrons. The van der Waals surface area contributed by atoms with E-state index in [4.69, 9.17) is 4.12 Å². The van der Waals surface area contributed by atoms with Crippen LogP contribution in [0.1, 0.15) is 12.8 Å². The molecule has 3 heteroatoms. The van der Waals surface area contributed by atoms with Gasteiger partial charge in [0.2, 0.25) is 8.32 Å². The Morgan fingerprint density at radius 1 is 0.760 bits per heavy atom. The van der Waals surface area contributed by atoms with E-state index in [1.54, 1.807) is 0 Å². The fraction of sp³-hybridized carbons (Fsp3) is 0.364. The highest BCUT2D eigenvalue weighted by atomic mass is 28.4. The normalized spacial score (nSPS) is 25.5. The molecule has 2 aliphatic rings. The fourth-order valence-electron chi connectivity index (χ4n) is 4.89. The van der Waals surface area contributed by atoms with Gasteiger partial charge >= 0.3 is 0 Å². The summed E-state index contributed by atoms with van der Waals surface area (Å²) >= 11 is 0. The third kappa shape index (κ3) is 3.09. The van der Waals surface area contributed by atoms with Gasteiger partial charge in [0.1, 0.15) is 0 Å². The molecule has 2 aliphatic carbocycles. The van der Waals surface area contributed by atoms with Gasteiger partial charge in [-0.1, -0.05) is 72.8 Å². The first-order valence-corrected chi connectivity index (χ1v) is 14.9. The van der Waals surface area contributed by atoms with E-state index in [2.05, 4.69) is 92.5 Å². The van der Waals surface area contributed by atoms with Gasteiger partial charge in [-0.15, -0.1) is 0 Å². The smallest absolute Gasteiger partial charge is 0.248 e. The SMILES string of the molecule is C[Si](C)(C)O[Si](c1ccccc1)(c1ccccc1)C1CC2C=CC1C2. The topological polar surface area (TPSA) is 9.23 Å². The number of fused-ring (bicyclic) bond motifs is 2. The van der Waals surface area contributed by atoms with Crippen LogP contribution in [0.3, 0.4) is 0 Å². The standard InChI is InChI=1S/C22H28OSi2/c1-24(2,3)23-25(20-10-6-4-7-11-20,21-12-8-5-9-13-21)22-17-18-14-15-19(22)16-18/h4-15,18-19,22H,16-17H2,1-3H3. The Balaban J connectivity index is 1.93. The molecule has 0 amide bonds. The van der Waals surface area contributed by atoms with E-state index >= 15 is 0 Å². The predicted octanol–water partition coefficient (Wildman–Crippen LogP) is 4.56. The largest absolute Gasteiger partial charge is 0.449 e. The molecule has 130 valence electrons. The van der Waals surface area contributed by atoms with Gasteiger partial charge in [-0.05, 0) is 60.2 Å². The Bertz CT molecular complexity index is 709. The Morgan fingerprint density at radius 3 is 1.72 bits per heavy atom. The summed E-state index contributed by atoms with van der Waals surface area (Å²) in [6, 6.07) is 22.3. The summed E-state index contributed by atoms with van der Waals surface area (Å²) in [4.78, 5) is 0. The van der Waals surface area contributed by atoms with Crippen molar-refractivity contribution in [1.29, 1.82) is 0 Å². The van der Waals surface area contributed by atoms with Gasteiger partial charge in [-0.2, -0.15) is 0 Å². The molecule has 2 aromatic rings. The van der Waals surface area contributed by atoms with E-state index in [9.17, 15) is 0 Å². The zero-order valence-corrected chi connectivity index (χ0v) is 17.5. The van der Waals surface area contributed by atoms with Gasteiger partial charge in [0.05, 0.1) is 0 Å². The molecule has 2 aromatic carbocycles. The minimum absolute atomic E-state index is 0.652. The lowest BCUT2D eigenvalue weighted by Crippen LogP contribution is -2.68. The molecule has 3 unspecified atom stereocenters.